The van der Waals surface area contributed by atoms with Gasteiger partial charge in [0.05, 0.1) is 0 Å². The molecule has 0 amide bonds. The van der Waals surface area contributed by atoms with E-state index in [0.29, 0.717) is 11.5 Å². The van der Waals surface area contributed by atoms with Gasteiger partial charge >= 0.3 is 0 Å². The van der Waals surface area contributed by atoms with Crippen LogP contribution in [0.2, 0.25) is 0 Å². The maximum Gasteiger partial charge on any atom is 0.133 e. The van der Waals surface area contributed by atoms with E-state index in [1.165, 1.54) is 42.6 Å². The number of nitrogens with one attached hydrogen (secondary N) is 1. The molecule has 0 aromatic carbocycles. The standard InChI is InChI=1S/C18H31N3/c1-13-11-14(2)20-17(16(13)12-19-5)21(6)15-7-9-18(3,4)10-8-15/h11,15,19H,7-10,12H2,1-6H3. The van der Waals surface area contributed by atoms with Crippen molar-refractivity contribution in [2.45, 2.75) is 66.0 Å². The average Bonchev–Trinajstić information content (AvgIpc) is 2.41. The van der Waals surface area contributed by atoms with Crippen molar-refractivity contribution in [3.63, 3.8) is 0 Å². The van der Waals surface area contributed by atoms with Gasteiger partial charge < -0.3 is 10.2 Å². The molecule has 1 aromatic rings. The number of hydrogen-bond acceptors (Lipinski definition) is 3. The molecule has 0 unspecified atom stereocenters. The van der Waals surface area contributed by atoms with Crippen molar-refractivity contribution in [1.29, 1.82) is 0 Å². The smallest absolute Gasteiger partial charge is 0.133 e. The van der Waals surface area contributed by atoms with Crippen molar-refractivity contribution < 1.29 is 0 Å². The number of pyridine rings is 1. The third kappa shape index (κ3) is 3.76. The van der Waals surface area contributed by atoms with Crippen LogP contribution >= 0.6 is 0 Å². The topological polar surface area (TPSA) is 28.2 Å². The molecule has 1 aliphatic rings. The highest BCUT2D eigenvalue weighted by molar-refractivity contribution is 5.52. The maximum atomic E-state index is 4.85. The molecule has 0 radical (unpaired) electrons. The minimum atomic E-state index is 0.515. The van der Waals surface area contributed by atoms with Crippen molar-refractivity contribution in [2.24, 2.45) is 5.41 Å². The van der Waals surface area contributed by atoms with Gasteiger partial charge in [-0.2, -0.15) is 0 Å². The van der Waals surface area contributed by atoms with Gasteiger partial charge in [-0.25, -0.2) is 4.98 Å². The molecule has 1 aromatic heterocycles. The summed E-state index contributed by atoms with van der Waals surface area (Å²) in [5, 5.41) is 3.29. The third-order valence-corrected chi connectivity index (χ3v) is 5.00. The zero-order valence-electron chi connectivity index (χ0n) is 14.6. The molecular weight excluding hydrogens is 258 g/mol. The van der Waals surface area contributed by atoms with E-state index < -0.39 is 0 Å². The molecule has 0 aliphatic heterocycles. The molecule has 0 atom stereocenters. The van der Waals surface area contributed by atoms with E-state index in [9.17, 15) is 0 Å². The number of aromatic nitrogens is 1. The second-order valence-corrected chi connectivity index (χ2v) is 7.42. The van der Waals surface area contributed by atoms with E-state index in [4.69, 9.17) is 4.98 Å². The first-order chi connectivity index (χ1) is 9.84. The van der Waals surface area contributed by atoms with Crippen molar-refractivity contribution >= 4 is 5.82 Å². The van der Waals surface area contributed by atoms with Gasteiger partial charge in [0.25, 0.3) is 0 Å². The molecule has 1 N–H and O–H groups in total. The number of anilines is 1. The van der Waals surface area contributed by atoms with Gasteiger partial charge in [0.1, 0.15) is 5.82 Å². The fourth-order valence-corrected chi connectivity index (χ4v) is 3.47. The largest absolute Gasteiger partial charge is 0.356 e. The molecule has 3 nitrogen and oxygen atoms in total. The van der Waals surface area contributed by atoms with Crippen molar-refractivity contribution in [3.05, 3.63) is 22.9 Å². The fraction of sp³-hybridized carbons (Fsp3) is 0.722. The molecule has 118 valence electrons. The van der Waals surface area contributed by atoms with E-state index in [1.54, 1.807) is 0 Å². The zero-order chi connectivity index (χ0) is 15.6. The van der Waals surface area contributed by atoms with Crippen LogP contribution in [0.4, 0.5) is 5.82 Å². The van der Waals surface area contributed by atoms with Crippen LogP contribution in [-0.4, -0.2) is 25.1 Å². The van der Waals surface area contributed by atoms with Crippen LogP contribution in [-0.2, 0) is 6.54 Å². The monoisotopic (exact) mass is 289 g/mol. The summed E-state index contributed by atoms with van der Waals surface area (Å²) < 4.78 is 0. The van der Waals surface area contributed by atoms with Crippen LogP contribution in [0.1, 0.15) is 56.4 Å². The minimum absolute atomic E-state index is 0.515. The van der Waals surface area contributed by atoms with Gasteiger partial charge in [-0.15, -0.1) is 0 Å². The molecule has 1 aliphatic carbocycles. The predicted molar refractivity (Wildman–Crippen MR) is 90.9 cm³/mol. The highest BCUT2D eigenvalue weighted by Crippen LogP contribution is 2.38. The van der Waals surface area contributed by atoms with Crippen molar-refractivity contribution in [2.75, 3.05) is 19.0 Å². The average molecular weight is 289 g/mol. The summed E-state index contributed by atoms with van der Waals surface area (Å²) >= 11 is 0. The SMILES string of the molecule is CNCc1c(C)cc(C)nc1N(C)C1CCC(C)(C)CC1. The summed E-state index contributed by atoms with van der Waals surface area (Å²) in [6, 6.07) is 2.82. The summed E-state index contributed by atoms with van der Waals surface area (Å²) in [6.45, 7) is 9.96. The first kappa shape index (κ1) is 16.3. The van der Waals surface area contributed by atoms with Crippen LogP contribution in [0.5, 0.6) is 0 Å². The Morgan fingerprint density at radius 2 is 1.90 bits per heavy atom. The first-order valence-corrected chi connectivity index (χ1v) is 8.18. The van der Waals surface area contributed by atoms with Crippen molar-refractivity contribution in [1.82, 2.24) is 10.3 Å². The van der Waals surface area contributed by atoms with E-state index in [1.807, 2.05) is 7.05 Å². The van der Waals surface area contributed by atoms with Crippen LogP contribution in [0.3, 0.4) is 0 Å². The lowest BCUT2D eigenvalue weighted by atomic mass is 9.75. The summed E-state index contributed by atoms with van der Waals surface area (Å²) in [5.41, 5.74) is 4.32. The van der Waals surface area contributed by atoms with E-state index in [2.05, 4.69) is 51.0 Å². The molecule has 1 saturated carbocycles. The number of hydrogen-bond donors (Lipinski definition) is 1. The molecule has 3 heteroatoms. The fourth-order valence-electron chi connectivity index (χ4n) is 3.47. The van der Waals surface area contributed by atoms with E-state index in [-0.39, 0.29) is 0 Å². The van der Waals surface area contributed by atoms with Gasteiger partial charge in [0.15, 0.2) is 0 Å². The van der Waals surface area contributed by atoms with Crippen LogP contribution in [0, 0.1) is 19.3 Å². The normalized spacial score (nSPS) is 18.8. The van der Waals surface area contributed by atoms with Gasteiger partial charge in [0, 0.05) is 30.9 Å². The lowest BCUT2D eigenvalue weighted by Gasteiger charge is -2.39. The molecule has 1 heterocycles. The molecule has 0 saturated heterocycles. The number of rotatable bonds is 4. The van der Waals surface area contributed by atoms with Crippen molar-refractivity contribution in [3.8, 4) is 0 Å². The molecule has 1 fully saturated rings. The van der Waals surface area contributed by atoms with Crippen LogP contribution < -0.4 is 10.2 Å². The molecule has 0 bridgehead atoms. The number of nitrogens with zero attached hydrogens (tertiary/aromatic N) is 2. The molecule has 21 heavy (non-hydrogen) atoms. The minimum Gasteiger partial charge on any atom is -0.356 e. The Kier molecular flexibility index (Phi) is 4.92. The van der Waals surface area contributed by atoms with E-state index in [0.717, 1.165) is 12.2 Å². The Bertz CT molecular complexity index is 483. The Labute approximate surface area is 130 Å². The summed E-state index contributed by atoms with van der Waals surface area (Å²) in [7, 11) is 4.23. The van der Waals surface area contributed by atoms with Gasteiger partial charge in [-0.3, -0.25) is 0 Å². The highest BCUT2D eigenvalue weighted by Gasteiger charge is 2.30. The Balaban J connectivity index is 2.24. The lowest BCUT2D eigenvalue weighted by Crippen LogP contribution is -2.38. The quantitative estimate of drug-likeness (QED) is 0.913. The van der Waals surface area contributed by atoms with Gasteiger partial charge in [-0.1, -0.05) is 13.8 Å². The van der Waals surface area contributed by atoms with Crippen LogP contribution in [0.25, 0.3) is 0 Å². The summed E-state index contributed by atoms with van der Waals surface area (Å²) in [4.78, 5) is 7.28. The molecule has 2 rings (SSSR count). The Morgan fingerprint density at radius 1 is 1.29 bits per heavy atom. The molecule has 0 spiro atoms. The zero-order valence-corrected chi connectivity index (χ0v) is 14.6. The predicted octanol–water partition coefficient (Wildman–Crippen LogP) is 3.82. The first-order valence-electron chi connectivity index (χ1n) is 8.18. The Hall–Kier alpha value is -1.09. The second kappa shape index (κ2) is 6.35. The highest BCUT2D eigenvalue weighted by atomic mass is 15.2. The maximum absolute atomic E-state index is 4.85. The Morgan fingerprint density at radius 3 is 2.48 bits per heavy atom. The third-order valence-electron chi connectivity index (χ3n) is 5.00. The number of aryl methyl sites for hydroxylation is 2. The van der Waals surface area contributed by atoms with Crippen LogP contribution in [0.15, 0.2) is 6.07 Å². The van der Waals surface area contributed by atoms with E-state index >= 15 is 0 Å². The molecular formula is C18H31N3. The van der Waals surface area contributed by atoms with Gasteiger partial charge in [0.2, 0.25) is 0 Å². The lowest BCUT2D eigenvalue weighted by molar-refractivity contribution is 0.222. The van der Waals surface area contributed by atoms with Gasteiger partial charge in [-0.05, 0) is 63.6 Å². The summed E-state index contributed by atoms with van der Waals surface area (Å²) in [5.74, 6) is 1.17. The summed E-state index contributed by atoms with van der Waals surface area (Å²) in [6.07, 6.45) is 5.18. The second-order valence-electron chi connectivity index (χ2n) is 7.42.